The number of piperidine rings is 1. The summed E-state index contributed by atoms with van der Waals surface area (Å²) in [4.78, 5) is 17.4. The Labute approximate surface area is 216 Å². The van der Waals surface area contributed by atoms with Gasteiger partial charge in [0, 0.05) is 24.5 Å². The lowest BCUT2D eigenvalue weighted by Gasteiger charge is -2.34. The molecule has 2 N–H and O–H groups in total. The number of halogens is 1. The molecule has 1 aliphatic heterocycles. The molecule has 10 heteroatoms. The van der Waals surface area contributed by atoms with Crippen molar-refractivity contribution in [2.75, 3.05) is 20.2 Å². The summed E-state index contributed by atoms with van der Waals surface area (Å²) in [7, 11) is -2.63. The van der Waals surface area contributed by atoms with E-state index in [-0.39, 0.29) is 16.6 Å². The number of carbonyl (C=O) groups is 1. The molecule has 4 rings (SSSR count). The fraction of sp³-hybridized carbons (Fsp3) is 0.308. The van der Waals surface area contributed by atoms with Crippen molar-refractivity contribution in [1.29, 1.82) is 5.41 Å². The highest BCUT2D eigenvalue weighted by molar-refractivity contribution is 7.89. The molecule has 1 aliphatic rings. The first-order valence-corrected chi connectivity index (χ1v) is 13.7. The van der Waals surface area contributed by atoms with E-state index in [0.717, 1.165) is 28.8 Å². The molecule has 36 heavy (non-hydrogen) atoms. The van der Waals surface area contributed by atoms with Crippen LogP contribution >= 0.6 is 11.6 Å². The van der Waals surface area contributed by atoms with Crippen LogP contribution in [0.5, 0.6) is 5.75 Å². The second-order valence-electron chi connectivity index (χ2n) is 8.94. The molecule has 0 aliphatic carbocycles. The van der Waals surface area contributed by atoms with Gasteiger partial charge in [0.2, 0.25) is 0 Å². The lowest BCUT2D eigenvalue weighted by Crippen LogP contribution is -2.56. The smallest absolute Gasteiger partial charge is 0.341 e. The topological polar surface area (TPSA) is 103 Å². The molecule has 1 saturated heterocycles. The Bertz CT molecular complexity index is 1390. The Balaban J connectivity index is 1.68. The molecular formula is C26H29ClN4O4S. The Kier molecular flexibility index (Phi) is 7.82. The molecular weight excluding hydrogens is 500 g/mol. The average molecular weight is 529 g/mol. The first-order valence-electron chi connectivity index (χ1n) is 11.6. The van der Waals surface area contributed by atoms with Crippen molar-refractivity contribution in [3.63, 3.8) is 0 Å². The Morgan fingerprint density at radius 2 is 1.81 bits per heavy atom. The van der Waals surface area contributed by atoms with Crippen LogP contribution < -0.4 is 9.57 Å². The van der Waals surface area contributed by atoms with Crippen LogP contribution in [0.3, 0.4) is 0 Å². The monoisotopic (exact) mass is 528 g/mol. The number of fused-ring (bicyclic) bond motifs is 1. The summed E-state index contributed by atoms with van der Waals surface area (Å²) in [6, 6.07) is 16.3. The highest BCUT2D eigenvalue weighted by Gasteiger charge is 2.32. The highest BCUT2D eigenvalue weighted by Crippen LogP contribution is 2.24. The maximum Gasteiger partial charge on any atom is 0.341 e. The van der Waals surface area contributed by atoms with Crippen LogP contribution in [0.25, 0.3) is 10.8 Å². The van der Waals surface area contributed by atoms with Gasteiger partial charge in [-0.25, -0.2) is 13.2 Å². The number of amides is 2. The summed E-state index contributed by atoms with van der Waals surface area (Å²) < 4.78 is 32.1. The van der Waals surface area contributed by atoms with Crippen LogP contribution in [0, 0.1) is 11.3 Å². The maximum absolute atomic E-state index is 13.5. The lowest BCUT2D eigenvalue weighted by atomic mass is 10.00. The summed E-state index contributed by atoms with van der Waals surface area (Å²) in [5, 5.41) is 11.1. The van der Waals surface area contributed by atoms with Crippen molar-refractivity contribution in [2.24, 2.45) is 5.92 Å². The van der Waals surface area contributed by atoms with Crippen LogP contribution in [-0.4, -0.2) is 50.4 Å². The predicted octanol–water partition coefficient (Wildman–Crippen LogP) is 4.96. The number of hydrogen-bond acceptors (Lipinski definition) is 5. The Morgan fingerprint density at radius 3 is 2.50 bits per heavy atom. The third kappa shape index (κ3) is 5.64. The molecule has 0 bridgehead atoms. The normalized spacial score (nSPS) is 14.6. The summed E-state index contributed by atoms with van der Waals surface area (Å²) in [5.41, 5.74) is 1.13. The number of carbonyl (C=O) groups excluding carboxylic acids is 1. The number of sulfonamides is 1. The van der Waals surface area contributed by atoms with Crippen molar-refractivity contribution in [2.45, 2.75) is 30.5 Å². The molecule has 0 aromatic heterocycles. The molecule has 0 saturated carbocycles. The number of methoxy groups -OCH3 is 1. The van der Waals surface area contributed by atoms with E-state index in [0.29, 0.717) is 35.7 Å². The Hall–Kier alpha value is -3.14. The van der Waals surface area contributed by atoms with Crippen molar-refractivity contribution in [1.82, 2.24) is 14.7 Å². The van der Waals surface area contributed by atoms with Crippen LogP contribution in [0.4, 0.5) is 4.79 Å². The zero-order valence-corrected chi connectivity index (χ0v) is 21.8. The molecule has 190 valence electrons. The largest absolute Gasteiger partial charge is 0.497 e. The van der Waals surface area contributed by atoms with Gasteiger partial charge in [0.25, 0.3) is 10.0 Å². The molecule has 3 aromatic rings. The predicted molar refractivity (Wildman–Crippen MR) is 141 cm³/mol. The summed E-state index contributed by atoms with van der Waals surface area (Å²) in [6.07, 6.45) is 1.63. The van der Waals surface area contributed by atoms with Gasteiger partial charge in [0.1, 0.15) is 5.75 Å². The molecule has 0 radical (unpaired) electrons. The number of ether oxygens (including phenoxy) is 1. The number of hydrazine groups is 1. The van der Waals surface area contributed by atoms with Crippen LogP contribution in [-0.2, 0) is 15.9 Å². The van der Waals surface area contributed by atoms with Gasteiger partial charge < -0.3 is 9.64 Å². The van der Waals surface area contributed by atoms with Gasteiger partial charge >= 0.3 is 6.03 Å². The van der Waals surface area contributed by atoms with Crippen molar-refractivity contribution >= 4 is 44.3 Å². The molecule has 0 atom stereocenters. The van der Waals surface area contributed by atoms with Crippen molar-refractivity contribution in [3.05, 3.63) is 71.8 Å². The van der Waals surface area contributed by atoms with Crippen LogP contribution in [0.1, 0.15) is 30.9 Å². The zero-order valence-electron chi connectivity index (χ0n) is 20.2. The van der Waals surface area contributed by atoms with E-state index in [1.165, 1.54) is 12.1 Å². The summed E-state index contributed by atoms with van der Waals surface area (Å²) in [6.45, 7) is 3.10. The fourth-order valence-corrected chi connectivity index (χ4v) is 5.33. The minimum Gasteiger partial charge on any atom is -0.497 e. The van der Waals surface area contributed by atoms with E-state index in [2.05, 4.69) is 11.8 Å². The van der Waals surface area contributed by atoms with E-state index in [1.54, 1.807) is 54.5 Å². The van der Waals surface area contributed by atoms with Crippen LogP contribution in [0.2, 0.25) is 0 Å². The molecule has 3 aromatic carbocycles. The number of benzene rings is 3. The van der Waals surface area contributed by atoms with E-state index in [4.69, 9.17) is 21.7 Å². The van der Waals surface area contributed by atoms with Crippen molar-refractivity contribution in [3.8, 4) is 5.75 Å². The number of hydrogen-bond donors (Lipinski definition) is 2. The second kappa shape index (κ2) is 10.9. The SMILES string of the molecule is COc1ccc2cc(S(=O)(=O)NN(C(=N)c3cccc(CCl)c3)C(=O)N3CCC(C)CC3)ccc2c1. The minimum atomic E-state index is -4.20. The molecule has 0 unspecified atom stereocenters. The lowest BCUT2D eigenvalue weighted by molar-refractivity contribution is 0.149. The van der Waals surface area contributed by atoms with Gasteiger partial charge in [-0.05, 0) is 65.4 Å². The number of urea groups is 1. The van der Waals surface area contributed by atoms with Gasteiger partial charge in [0.15, 0.2) is 5.84 Å². The quantitative estimate of drug-likeness (QED) is 0.204. The Morgan fingerprint density at radius 1 is 1.11 bits per heavy atom. The number of alkyl halides is 1. The van der Waals surface area contributed by atoms with E-state index >= 15 is 0 Å². The molecule has 0 spiro atoms. The first kappa shape index (κ1) is 25.9. The molecule has 8 nitrogen and oxygen atoms in total. The van der Waals surface area contributed by atoms with Gasteiger partial charge in [-0.15, -0.1) is 16.4 Å². The number of nitrogens with one attached hydrogen (secondary N) is 2. The summed E-state index contributed by atoms with van der Waals surface area (Å²) in [5.74, 6) is 1.10. The van der Waals surface area contributed by atoms with Gasteiger partial charge in [-0.1, -0.05) is 37.3 Å². The third-order valence-electron chi connectivity index (χ3n) is 6.36. The number of likely N-dealkylation sites (tertiary alicyclic amines) is 1. The van der Waals surface area contributed by atoms with Gasteiger partial charge in [-0.3, -0.25) is 5.41 Å². The standard InChI is InChI=1S/C26H29ClN4O4S/c1-18-10-12-30(13-11-18)26(32)31(25(28)22-5-3-4-19(14-22)17-27)29-36(33,34)24-9-7-20-15-23(35-2)8-6-21(20)16-24/h3-9,14-16,18,28-29H,10-13,17H2,1-2H3. The molecule has 1 fully saturated rings. The maximum atomic E-state index is 13.5. The molecule has 2 amide bonds. The zero-order chi connectivity index (χ0) is 25.9. The number of nitrogens with zero attached hydrogens (tertiary/aromatic N) is 2. The van der Waals surface area contributed by atoms with E-state index in [1.807, 2.05) is 6.07 Å². The second-order valence-corrected chi connectivity index (χ2v) is 10.9. The van der Waals surface area contributed by atoms with Crippen molar-refractivity contribution < 1.29 is 17.9 Å². The highest BCUT2D eigenvalue weighted by atomic mass is 35.5. The van der Waals surface area contributed by atoms with E-state index in [9.17, 15) is 13.2 Å². The molecule has 1 heterocycles. The first-order chi connectivity index (χ1) is 17.2. The van der Waals surface area contributed by atoms with Gasteiger partial charge in [0.05, 0.1) is 12.0 Å². The number of rotatable bonds is 6. The number of amidine groups is 1. The third-order valence-corrected chi connectivity index (χ3v) is 7.97. The van der Waals surface area contributed by atoms with E-state index < -0.39 is 16.1 Å². The minimum absolute atomic E-state index is 0.0208. The average Bonchev–Trinajstić information content (AvgIpc) is 2.90. The van der Waals surface area contributed by atoms with Crippen LogP contribution in [0.15, 0.2) is 65.6 Å². The summed E-state index contributed by atoms with van der Waals surface area (Å²) >= 11 is 5.96. The van der Waals surface area contributed by atoms with Gasteiger partial charge in [-0.2, -0.15) is 5.01 Å². The fourth-order valence-electron chi connectivity index (χ4n) is 4.12.